The zero-order chi connectivity index (χ0) is 18.8. The third-order valence-corrected chi connectivity index (χ3v) is 4.80. The van der Waals surface area contributed by atoms with Gasteiger partial charge in [0.15, 0.2) is 18.9 Å². The maximum atomic E-state index is 10.1. The van der Waals surface area contributed by atoms with Crippen molar-refractivity contribution in [3.05, 3.63) is 0 Å². The number of ether oxygens (including phenoxy) is 5. The van der Waals surface area contributed by atoms with Crippen molar-refractivity contribution in [2.75, 3.05) is 19.8 Å². The van der Waals surface area contributed by atoms with Gasteiger partial charge in [-0.05, 0) is 0 Å². The Morgan fingerprint density at radius 2 is 1.35 bits per heavy atom. The number of hydrogen-bond acceptors (Lipinski definition) is 11. The minimum absolute atomic E-state index is 0.104. The summed E-state index contributed by atoms with van der Waals surface area (Å²) in [6, 6.07) is 0. The molecule has 0 radical (unpaired) electrons. The Labute approximate surface area is 149 Å². The Hall–Kier alpha value is -0.440. The van der Waals surface area contributed by atoms with Crippen LogP contribution in [0.3, 0.4) is 0 Å². The molecule has 0 spiro atoms. The highest BCUT2D eigenvalue weighted by atomic mass is 16.7. The van der Waals surface area contributed by atoms with E-state index < -0.39 is 61.6 Å². The van der Waals surface area contributed by atoms with Gasteiger partial charge in [0.25, 0.3) is 0 Å². The van der Waals surface area contributed by atoms with Crippen LogP contribution in [0.5, 0.6) is 0 Å². The molecule has 0 unspecified atom stereocenters. The van der Waals surface area contributed by atoms with E-state index in [-0.39, 0.29) is 32.7 Å². The van der Waals surface area contributed by atoms with Gasteiger partial charge in [0.2, 0.25) is 0 Å². The molecule has 0 aromatic heterocycles. The Morgan fingerprint density at radius 1 is 0.769 bits per heavy atom. The molecule has 0 aliphatic carbocycles. The maximum absolute atomic E-state index is 10.1. The topological polar surface area (TPSA) is 168 Å². The highest BCUT2D eigenvalue weighted by Crippen LogP contribution is 2.30. The first-order valence-corrected chi connectivity index (χ1v) is 8.60. The Morgan fingerprint density at radius 3 is 1.92 bits per heavy atom. The van der Waals surface area contributed by atoms with Crippen LogP contribution in [0.1, 0.15) is 12.8 Å². The second-order valence-electron chi connectivity index (χ2n) is 6.67. The van der Waals surface area contributed by atoms with Gasteiger partial charge in [-0.25, -0.2) is 0 Å². The number of rotatable bonds is 7. The number of aliphatic hydroxyl groups is 6. The summed E-state index contributed by atoms with van der Waals surface area (Å²) >= 11 is 0. The number of hydrogen-bond donors (Lipinski definition) is 6. The van der Waals surface area contributed by atoms with Crippen molar-refractivity contribution in [2.45, 2.75) is 74.4 Å². The molecule has 3 rings (SSSR count). The average Bonchev–Trinajstić information content (AvgIpc) is 3.24. The lowest BCUT2D eigenvalue weighted by Gasteiger charge is -2.25. The largest absolute Gasteiger partial charge is 0.394 e. The lowest BCUT2D eigenvalue weighted by Crippen LogP contribution is -2.40. The Bertz CT molecular complexity index is 451. The maximum Gasteiger partial charge on any atom is 0.184 e. The monoisotopic (exact) mass is 382 g/mol. The van der Waals surface area contributed by atoms with Crippen molar-refractivity contribution >= 4 is 0 Å². The van der Waals surface area contributed by atoms with E-state index in [0.717, 1.165) is 0 Å². The van der Waals surface area contributed by atoms with Crippen molar-refractivity contribution in [3.8, 4) is 0 Å². The summed E-state index contributed by atoms with van der Waals surface area (Å²) in [6.07, 6.45) is -9.26. The van der Waals surface area contributed by atoms with Gasteiger partial charge in [-0.1, -0.05) is 0 Å². The standard InChI is InChI=1S/C15H26O11/c16-3-8-6(18)1-11(23-8)22-5-10-14(13(20)15(21)25-10)26-12-2-7(19)9(4-17)24-12/h6-21H,1-5H2/t6-,7-,8+,9+,10+,11-,12+,13-,14+,15-/m0/s1. The van der Waals surface area contributed by atoms with E-state index in [9.17, 15) is 20.4 Å². The molecular formula is C15H26O11. The predicted molar refractivity (Wildman–Crippen MR) is 80.5 cm³/mol. The van der Waals surface area contributed by atoms with Gasteiger partial charge in [-0.3, -0.25) is 0 Å². The summed E-state index contributed by atoms with van der Waals surface area (Å²) in [5, 5.41) is 57.4. The molecule has 11 nitrogen and oxygen atoms in total. The summed E-state index contributed by atoms with van der Waals surface area (Å²) in [7, 11) is 0. The van der Waals surface area contributed by atoms with Crippen LogP contribution >= 0.6 is 0 Å². The third-order valence-electron chi connectivity index (χ3n) is 4.80. The summed E-state index contributed by atoms with van der Waals surface area (Å²) in [5.74, 6) is 0. The van der Waals surface area contributed by atoms with Crippen LogP contribution in [0.4, 0.5) is 0 Å². The second kappa shape index (κ2) is 8.71. The van der Waals surface area contributed by atoms with Gasteiger partial charge in [-0.2, -0.15) is 0 Å². The van der Waals surface area contributed by atoms with E-state index in [1.807, 2.05) is 0 Å². The molecule has 0 amide bonds. The van der Waals surface area contributed by atoms with Crippen LogP contribution in [0.15, 0.2) is 0 Å². The first-order chi connectivity index (χ1) is 12.4. The summed E-state index contributed by atoms with van der Waals surface area (Å²) in [6.45, 7) is -0.808. The predicted octanol–water partition coefficient (Wildman–Crippen LogP) is -3.60. The lowest BCUT2D eigenvalue weighted by atomic mass is 10.1. The van der Waals surface area contributed by atoms with Crippen LogP contribution in [0, 0.1) is 0 Å². The van der Waals surface area contributed by atoms with Gasteiger partial charge in [0, 0.05) is 12.8 Å². The van der Waals surface area contributed by atoms with Gasteiger partial charge < -0.3 is 54.3 Å². The molecule has 3 aliphatic rings. The Kier molecular flexibility index (Phi) is 6.80. The second-order valence-corrected chi connectivity index (χ2v) is 6.67. The van der Waals surface area contributed by atoms with Gasteiger partial charge in [-0.15, -0.1) is 0 Å². The normalized spacial score (nSPS) is 49.2. The fourth-order valence-corrected chi connectivity index (χ4v) is 3.30. The molecule has 0 aromatic rings. The summed E-state index contributed by atoms with van der Waals surface area (Å²) in [5.41, 5.74) is 0. The fraction of sp³-hybridized carbons (Fsp3) is 1.00. The highest BCUT2D eigenvalue weighted by molar-refractivity contribution is 4.89. The first kappa shape index (κ1) is 20.3. The van der Waals surface area contributed by atoms with E-state index in [4.69, 9.17) is 33.9 Å². The van der Waals surface area contributed by atoms with Crippen LogP contribution in [-0.4, -0.2) is 112 Å². The number of aliphatic hydroxyl groups excluding tert-OH is 6. The smallest absolute Gasteiger partial charge is 0.184 e. The highest BCUT2D eigenvalue weighted by Gasteiger charge is 2.47. The quantitative estimate of drug-likeness (QED) is 0.257. The van der Waals surface area contributed by atoms with Gasteiger partial charge in [0.1, 0.15) is 30.5 Å². The van der Waals surface area contributed by atoms with Crippen molar-refractivity contribution in [1.82, 2.24) is 0 Å². The molecule has 0 saturated carbocycles. The third kappa shape index (κ3) is 4.34. The minimum atomic E-state index is -1.48. The van der Waals surface area contributed by atoms with Crippen molar-refractivity contribution < 1.29 is 54.3 Å². The zero-order valence-corrected chi connectivity index (χ0v) is 14.0. The molecule has 26 heavy (non-hydrogen) atoms. The van der Waals surface area contributed by atoms with Crippen molar-refractivity contribution in [1.29, 1.82) is 0 Å². The molecule has 3 aliphatic heterocycles. The molecule has 3 heterocycles. The van der Waals surface area contributed by atoms with Gasteiger partial charge in [0.05, 0.1) is 32.0 Å². The Balaban J connectivity index is 1.52. The lowest BCUT2D eigenvalue weighted by molar-refractivity contribution is -0.206. The molecule has 10 atom stereocenters. The fourth-order valence-electron chi connectivity index (χ4n) is 3.30. The SMILES string of the molecule is OC[C@H]1O[C@H](OC[C@H]2O[C@H](O)[C@@H](O)[C@@H]2O[C@@H]2C[C@H](O)[C@@H](CO)O2)C[C@@H]1O. The minimum Gasteiger partial charge on any atom is -0.394 e. The molecule has 152 valence electrons. The van der Waals surface area contributed by atoms with E-state index >= 15 is 0 Å². The van der Waals surface area contributed by atoms with E-state index in [1.54, 1.807) is 0 Å². The van der Waals surface area contributed by atoms with Crippen molar-refractivity contribution in [3.63, 3.8) is 0 Å². The molecule has 0 aromatic carbocycles. The molecular weight excluding hydrogens is 356 g/mol. The van der Waals surface area contributed by atoms with Crippen LogP contribution < -0.4 is 0 Å². The first-order valence-electron chi connectivity index (χ1n) is 8.60. The van der Waals surface area contributed by atoms with Crippen LogP contribution in [0.25, 0.3) is 0 Å². The molecule has 11 heteroatoms. The summed E-state index contributed by atoms with van der Waals surface area (Å²) < 4.78 is 27.0. The zero-order valence-electron chi connectivity index (χ0n) is 14.0. The van der Waals surface area contributed by atoms with Crippen LogP contribution in [-0.2, 0) is 23.7 Å². The van der Waals surface area contributed by atoms with E-state index in [0.29, 0.717) is 0 Å². The van der Waals surface area contributed by atoms with E-state index in [2.05, 4.69) is 0 Å². The molecule has 3 saturated heterocycles. The van der Waals surface area contributed by atoms with E-state index in [1.165, 1.54) is 0 Å². The molecule has 6 N–H and O–H groups in total. The molecule has 3 fully saturated rings. The van der Waals surface area contributed by atoms with Crippen molar-refractivity contribution in [2.24, 2.45) is 0 Å². The van der Waals surface area contributed by atoms with Gasteiger partial charge >= 0.3 is 0 Å². The van der Waals surface area contributed by atoms with Crippen LogP contribution in [0.2, 0.25) is 0 Å². The average molecular weight is 382 g/mol. The molecule has 0 bridgehead atoms. The summed E-state index contributed by atoms with van der Waals surface area (Å²) in [4.78, 5) is 0.